The first-order chi connectivity index (χ1) is 11.4. The third kappa shape index (κ3) is 13.0. The molecule has 0 saturated carbocycles. The van der Waals surface area contributed by atoms with E-state index in [9.17, 15) is 0 Å². The maximum atomic E-state index is 5.51. The Balaban J connectivity index is 1.72. The first kappa shape index (κ1) is 19.9. The molecule has 0 aliphatic carbocycles. The van der Waals surface area contributed by atoms with Gasteiger partial charge in [-0.1, -0.05) is 18.2 Å². The highest BCUT2D eigenvalue weighted by atomic mass is 16.6. The van der Waals surface area contributed by atoms with Gasteiger partial charge >= 0.3 is 0 Å². The molecule has 0 aliphatic rings. The minimum Gasteiger partial charge on any atom is -0.491 e. The molecule has 1 aromatic carbocycles. The van der Waals surface area contributed by atoms with Crippen LogP contribution in [0.1, 0.15) is 0 Å². The first-order valence-electron chi connectivity index (χ1n) is 8.07. The molecule has 0 radical (unpaired) electrons. The normalized spacial score (nSPS) is 10.8. The van der Waals surface area contributed by atoms with E-state index in [-0.39, 0.29) is 0 Å². The Morgan fingerprint density at radius 1 is 0.652 bits per heavy atom. The summed E-state index contributed by atoms with van der Waals surface area (Å²) < 4.78 is 27.0. The van der Waals surface area contributed by atoms with Crippen LogP contribution in [0.4, 0.5) is 0 Å². The molecule has 0 aromatic heterocycles. The maximum Gasteiger partial charge on any atom is 0.119 e. The van der Waals surface area contributed by atoms with Crippen molar-refractivity contribution in [3.05, 3.63) is 30.3 Å². The number of ether oxygens (including phenoxy) is 5. The van der Waals surface area contributed by atoms with Crippen molar-refractivity contribution in [1.29, 1.82) is 0 Å². The molecule has 0 atom stereocenters. The van der Waals surface area contributed by atoms with Gasteiger partial charge < -0.3 is 29.0 Å². The van der Waals surface area contributed by atoms with Gasteiger partial charge in [-0.2, -0.15) is 0 Å². The zero-order chi connectivity index (χ0) is 16.4. The Bertz CT molecular complexity index is 350. The van der Waals surface area contributed by atoms with Crippen molar-refractivity contribution in [3.63, 3.8) is 0 Å². The molecule has 6 heteroatoms. The summed E-state index contributed by atoms with van der Waals surface area (Å²) in [4.78, 5) is 0. The summed E-state index contributed by atoms with van der Waals surface area (Å²) in [5.41, 5.74) is 0. The van der Waals surface area contributed by atoms with E-state index in [1.165, 1.54) is 0 Å². The summed E-state index contributed by atoms with van der Waals surface area (Å²) in [6.45, 7) is 6.15. The third-order valence-electron chi connectivity index (χ3n) is 2.85. The van der Waals surface area contributed by atoms with Crippen molar-refractivity contribution in [2.45, 2.75) is 0 Å². The van der Waals surface area contributed by atoms with E-state index >= 15 is 0 Å². The summed E-state index contributed by atoms with van der Waals surface area (Å²) in [5.74, 6) is 0.861. The van der Waals surface area contributed by atoms with Crippen LogP contribution in [0.5, 0.6) is 5.75 Å². The Morgan fingerprint density at radius 2 is 1.13 bits per heavy atom. The van der Waals surface area contributed by atoms with Gasteiger partial charge in [0.2, 0.25) is 0 Å². The highest BCUT2D eigenvalue weighted by Gasteiger charge is 1.94. The van der Waals surface area contributed by atoms with Gasteiger partial charge in [0.05, 0.1) is 52.9 Å². The van der Waals surface area contributed by atoms with Crippen molar-refractivity contribution in [1.82, 2.24) is 5.32 Å². The van der Waals surface area contributed by atoms with Crippen LogP contribution >= 0.6 is 0 Å². The number of para-hydroxylation sites is 1. The minimum atomic E-state index is 0.542. The lowest BCUT2D eigenvalue weighted by Gasteiger charge is -2.08. The van der Waals surface area contributed by atoms with Crippen LogP contribution < -0.4 is 10.1 Å². The molecule has 0 bridgehead atoms. The molecule has 6 nitrogen and oxygen atoms in total. The molecule has 0 spiro atoms. The average molecular weight is 327 g/mol. The van der Waals surface area contributed by atoms with Gasteiger partial charge in [0.1, 0.15) is 12.4 Å². The van der Waals surface area contributed by atoms with E-state index in [0.717, 1.165) is 12.3 Å². The summed E-state index contributed by atoms with van der Waals surface area (Å²) in [5, 5.41) is 3.01. The SMILES string of the molecule is CNCCOCCOCCOCCOCCOc1ccccc1. The second-order valence-electron chi connectivity index (χ2n) is 4.71. The highest BCUT2D eigenvalue weighted by molar-refractivity contribution is 5.20. The van der Waals surface area contributed by atoms with Gasteiger partial charge in [-0.3, -0.25) is 0 Å². The van der Waals surface area contributed by atoms with E-state index in [1.54, 1.807) is 0 Å². The summed E-state index contributed by atoms with van der Waals surface area (Å²) in [7, 11) is 1.90. The topological polar surface area (TPSA) is 58.2 Å². The van der Waals surface area contributed by atoms with E-state index < -0.39 is 0 Å². The Labute approximate surface area is 139 Å². The molecular formula is C17H29NO5. The second-order valence-corrected chi connectivity index (χ2v) is 4.71. The summed E-state index contributed by atoms with van der Waals surface area (Å²) in [6.07, 6.45) is 0. The fourth-order valence-corrected chi connectivity index (χ4v) is 1.67. The molecule has 0 aliphatic heterocycles. The summed E-state index contributed by atoms with van der Waals surface area (Å²) >= 11 is 0. The van der Waals surface area contributed by atoms with Crippen molar-refractivity contribution < 1.29 is 23.7 Å². The minimum absolute atomic E-state index is 0.542. The Hall–Kier alpha value is -1.18. The average Bonchev–Trinajstić information content (AvgIpc) is 2.59. The van der Waals surface area contributed by atoms with Gasteiger partial charge in [-0.05, 0) is 19.2 Å². The van der Waals surface area contributed by atoms with Crippen molar-refractivity contribution in [2.24, 2.45) is 0 Å². The molecule has 1 N–H and O–H groups in total. The molecule has 0 heterocycles. The van der Waals surface area contributed by atoms with Crippen LogP contribution in [0.3, 0.4) is 0 Å². The summed E-state index contributed by atoms with van der Waals surface area (Å²) in [6, 6.07) is 9.70. The number of likely N-dealkylation sites (N-methyl/N-ethyl adjacent to an activating group) is 1. The second kappa shape index (κ2) is 15.7. The number of hydrogen-bond donors (Lipinski definition) is 1. The predicted octanol–water partition coefficient (Wildman–Crippen LogP) is 1.35. The molecule has 1 aromatic rings. The zero-order valence-electron chi connectivity index (χ0n) is 14.0. The molecule has 0 unspecified atom stereocenters. The first-order valence-corrected chi connectivity index (χ1v) is 8.07. The lowest BCUT2D eigenvalue weighted by molar-refractivity contribution is -0.00418. The lowest BCUT2D eigenvalue weighted by atomic mass is 10.3. The molecule has 132 valence electrons. The smallest absolute Gasteiger partial charge is 0.119 e. The van der Waals surface area contributed by atoms with Crippen molar-refractivity contribution in [2.75, 3.05) is 73.1 Å². The van der Waals surface area contributed by atoms with Crippen LogP contribution in [0, 0.1) is 0 Å². The number of benzene rings is 1. The molecule has 23 heavy (non-hydrogen) atoms. The maximum absolute atomic E-state index is 5.51. The monoisotopic (exact) mass is 327 g/mol. The van der Waals surface area contributed by atoms with E-state index in [4.69, 9.17) is 23.7 Å². The number of rotatable bonds is 16. The van der Waals surface area contributed by atoms with Crippen molar-refractivity contribution in [3.8, 4) is 5.75 Å². The Morgan fingerprint density at radius 3 is 1.65 bits per heavy atom. The van der Waals surface area contributed by atoms with Crippen molar-refractivity contribution >= 4 is 0 Å². The quantitative estimate of drug-likeness (QED) is 0.463. The van der Waals surface area contributed by atoms with Gasteiger partial charge in [0, 0.05) is 6.54 Å². The van der Waals surface area contributed by atoms with Gasteiger partial charge in [0.15, 0.2) is 0 Å². The van der Waals surface area contributed by atoms with E-state index in [0.29, 0.717) is 59.5 Å². The lowest BCUT2D eigenvalue weighted by Crippen LogP contribution is -2.17. The fourth-order valence-electron chi connectivity index (χ4n) is 1.67. The van der Waals surface area contributed by atoms with Crippen LogP contribution in [-0.2, 0) is 18.9 Å². The van der Waals surface area contributed by atoms with Crippen LogP contribution in [-0.4, -0.2) is 73.1 Å². The van der Waals surface area contributed by atoms with Crippen LogP contribution in [0.2, 0.25) is 0 Å². The van der Waals surface area contributed by atoms with E-state index in [2.05, 4.69) is 5.32 Å². The Kier molecular flexibility index (Phi) is 13.6. The van der Waals surface area contributed by atoms with E-state index in [1.807, 2.05) is 37.4 Å². The van der Waals surface area contributed by atoms with Gasteiger partial charge in [-0.25, -0.2) is 0 Å². The van der Waals surface area contributed by atoms with Gasteiger partial charge in [-0.15, -0.1) is 0 Å². The number of nitrogens with one attached hydrogen (secondary N) is 1. The standard InChI is InChI=1S/C17H29NO5/c1-18-7-8-19-9-10-20-11-12-21-13-14-22-15-16-23-17-5-3-2-4-6-17/h2-6,18H,7-16H2,1H3. The third-order valence-corrected chi connectivity index (χ3v) is 2.85. The molecular weight excluding hydrogens is 298 g/mol. The molecule has 0 amide bonds. The molecule has 0 saturated heterocycles. The fraction of sp³-hybridized carbons (Fsp3) is 0.647. The number of hydrogen-bond acceptors (Lipinski definition) is 6. The van der Waals surface area contributed by atoms with Gasteiger partial charge in [0.25, 0.3) is 0 Å². The molecule has 0 fully saturated rings. The van der Waals surface area contributed by atoms with Crippen LogP contribution in [0.25, 0.3) is 0 Å². The highest BCUT2D eigenvalue weighted by Crippen LogP contribution is 2.07. The zero-order valence-corrected chi connectivity index (χ0v) is 14.0. The largest absolute Gasteiger partial charge is 0.491 e. The van der Waals surface area contributed by atoms with Crippen LogP contribution in [0.15, 0.2) is 30.3 Å². The molecule has 1 rings (SSSR count). The predicted molar refractivity (Wildman–Crippen MR) is 89.1 cm³/mol.